The Hall–Kier alpha value is -9.65. The summed E-state index contributed by atoms with van der Waals surface area (Å²) in [6.45, 7) is 9.96. The van der Waals surface area contributed by atoms with Crippen LogP contribution in [0.1, 0.15) is 16.7 Å². The molecule has 4 aromatic heterocycles. The summed E-state index contributed by atoms with van der Waals surface area (Å²) < 4.78 is 15.5. The Labute approximate surface area is 394 Å². The summed E-state index contributed by atoms with van der Waals surface area (Å²) in [5.41, 5.74) is 18.4. The number of nitrogens with two attached hydrogens (primary N) is 2. The number of ether oxygens (including phenoxy) is 2. The molecule has 0 spiro atoms. The van der Waals surface area contributed by atoms with Gasteiger partial charge in [-0.3, -0.25) is 19.0 Å². The van der Waals surface area contributed by atoms with Crippen molar-refractivity contribution in [2.24, 2.45) is 0 Å². The highest BCUT2D eigenvalue weighted by Crippen LogP contribution is 2.37. The third kappa shape index (κ3) is 11.9. The molecule has 8 aromatic rings. The summed E-state index contributed by atoms with van der Waals surface area (Å²) in [5, 5.41) is 32.3. The molecule has 0 fully saturated rings. The average Bonchev–Trinajstić information content (AvgIpc) is 3.98. The van der Waals surface area contributed by atoms with Crippen molar-refractivity contribution < 1.29 is 19.1 Å². The molecule has 0 atom stereocenters. The fourth-order valence-electron chi connectivity index (χ4n) is 6.45. The van der Waals surface area contributed by atoms with Gasteiger partial charge in [0.25, 0.3) is 11.8 Å². The topological polar surface area (TPSA) is 263 Å². The van der Waals surface area contributed by atoms with E-state index >= 15 is 0 Å². The molecule has 0 saturated heterocycles. The minimum atomic E-state index is -0.598. The highest BCUT2D eigenvalue weighted by Gasteiger charge is 2.19. The molecular formula is C49H39ClN14O4. The fraction of sp³-hybridized carbons (Fsp3) is 0.0612. The first kappa shape index (κ1) is 46.3. The van der Waals surface area contributed by atoms with E-state index in [0.29, 0.717) is 63.2 Å². The highest BCUT2D eigenvalue weighted by atomic mass is 35.5. The van der Waals surface area contributed by atoms with Crippen LogP contribution in [0.3, 0.4) is 0 Å². The summed E-state index contributed by atoms with van der Waals surface area (Å²) in [6.07, 6.45) is 9.61. The number of nitrogens with one attached hydrogen (secondary N) is 2. The van der Waals surface area contributed by atoms with Gasteiger partial charge in [-0.05, 0) is 54.4 Å². The Balaban J connectivity index is 0.000000201. The van der Waals surface area contributed by atoms with Crippen LogP contribution in [-0.2, 0) is 22.7 Å². The molecule has 6 N–H and O–H groups in total. The summed E-state index contributed by atoms with van der Waals surface area (Å²) >= 11 is 6.07. The van der Waals surface area contributed by atoms with Crippen LogP contribution in [0.25, 0.3) is 22.3 Å². The maximum atomic E-state index is 11.9. The monoisotopic (exact) mass is 922 g/mol. The smallest absolute Gasteiger partial charge is 0.265 e. The summed E-state index contributed by atoms with van der Waals surface area (Å²) in [4.78, 5) is 40.5. The van der Waals surface area contributed by atoms with Crippen molar-refractivity contribution in [2.45, 2.75) is 20.0 Å². The van der Waals surface area contributed by atoms with Gasteiger partial charge in [0.05, 0.1) is 36.6 Å². The van der Waals surface area contributed by atoms with Crippen molar-refractivity contribution in [1.29, 1.82) is 10.5 Å². The molecule has 68 heavy (non-hydrogen) atoms. The number of benzene rings is 4. The number of nitrogens with zero attached hydrogens (tertiary/aromatic N) is 10. The van der Waals surface area contributed by atoms with E-state index in [9.17, 15) is 9.59 Å². The number of carbonyl (C=O) groups excluding carboxylic acids is 2. The molecule has 0 aliphatic heterocycles. The molecule has 19 heteroatoms. The Bertz CT molecular complexity index is 3060. The maximum Gasteiger partial charge on any atom is 0.265 e. The zero-order valence-corrected chi connectivity index (χ0v) is 36.9. The molecule has 18 nitrogen and oxygen atoms in total. The number of hydrogen-bond acceptors (Lipinski definition) is 14. The minimum Gasteiger partial charge on any atom is -0.438 e. The predicted molar refractivity (Wildman–Crippen MR) is 256 cm³/mol. The maximum absolute atomic E-state index is 11.9. The van der Waals surface area contributed by atoms with E-state index in [2.05, 4.69) is 60.0 Å². The molecule has 4 aromatic carbocycles. The summed E-state index contributed by atoms with van der Waals surface area (Å²) in [6, 6.07) is 32.4. The van der Waals surface area contributed by atoms with Crippen molar-refractivity contribution in [1.82, 2.24) is 39.5 Å². The number of nitrogen functional groups attached to an aromatic ring is 2. The van der Waals surface area contributed by atoms with Crippen molar-refractivity contribution >= 4 is 46.4 Å². The van der Waals surface area contributed by atoms with Gasteiger partial charge in [-0.1, -0.05) is 78.9 Å². The van der Waals surface area contributed by atoms with Crippen LogP contribution in [0.2, 0.25) is 5.02 Å². The highest BCUT2D eigenvalue weighted by molar-refractivity contribution is 6.30. The van der Waals surface area contributed by atoms with Crippen LogP contribution in [0, 0.1) is 29.6 Å². The molecule has 0 saturated carbocycles. The average molecular weight is 923 g/mol. The zero-order chi connectivity index (χ0) is 48.2. The minimum absolute atomic E-state index is 0.195. The molecule has 0 aliphatic carbocycles. The first-order chi connectivity index (χ1) is 32.8. The van der Waals surface area contributed by atoms with Gasteiger partial charge in [-0.15, -0.1) is 0 Å². The normalized spacial score (nSPS) is 10.4. The van der Waals surface area contributed by atoms with Gasteiger partial charge in [0.2, 0.25) is 11.8 Å². The number of carbonyl (C=O) groups is 2. The zero-order valence-electron chi connectivity index (χ0n) is 36.2. The van der Waals surface area contributed by atoms with E-state index in [1.807, 2.05) is 61.8 Å². The predicted octanol–water partition coefficient (Wildman–Crippen LogP) is 8.52. The first-order valence-electron chi connectivity index (χ1n) is 20.3. The number of hydrogen-bond donors (Lipinski definition) is 4. The number of aromatic nitrogens is 8. The summed E-state index contributed by atoms with van der Waals surface area (Å²) in [7, 11) is 0. The van der Waals surface area contributed by atoms with Crippen LogP contribution in [0.4, 0.5) is 23.0 Å². The van der Waals surface area contributed by atoms with E-state index in [4.69, 9.17) is 43.1 Å². The molecular weight excluding hydrogens is 884 g/mol. The third-order valence-corrected chi connectivity index (χ3v) is 9.85. The quantitative estimate of drug-likeness (QED) is 0.0588. The molecule has 336 valence electrons. The van der Waals surface area contributed by atoms with Crippen molar-refractivity contribution in [2.75, 3.05) is 22.1 Å². The lowest BCUT2D eigenvalue weighted by atomic mass is 10.1. The van der Waals surface area contributed by atoms with Gasteiger partial charge in [0, 0.05) is 52.1 Å². The van der Waals surface area contributed by atoms with E-state index < -0.39 is 11.8 Å². The Kier molecular flexibility index (Phi) is 14.6. The van der Waals surface area contributed by atoms with Crippen LogP contribution in [0.5, 0.6) is 23.3 Å². The molecule has 0 bridgehead atoms. The number of anilines is 4. The fourth-order valence-corrected chi connectivity index (χ4v) is 6.67. The van der Waals surface area contributed by atoms with E-state index in [1.165, 1.54) is 18.2 Å². The lowest BCUT2D eigenvalue weighted by Crippen LogP contribution is -2.12. The van der Waals surface area contributed by atoms with E-state index in [1.54, 1.807) is 82.4 Å². The lowest BCUT2D eigenvalue weighted by Gasteiger charge is -2.11. The number of amides is 2. The lowest BCUT2D eigenvalue weighted by molar-refractivity contribution is -0.113. The largest absolute Gasteiger partial charge is 0.438 e. The molecule has 0 unspecified atom stereocenters. The van der Waals surface area contributed by atoms with Crippen LogP contribution < -0.4 is 31.6 Å². The first-order valence-corrected chi connectivity index (χ1v) is 20.7. The number of nitriles is 2. The van der Waals surface area contributed by atoms with Crippen molar-refractivity contribution in [3.63, 3.8) is 0 Å². The summed E-state index contributed by atoms with van der Waals surface area (Å²) in [5.74, 6) is 0.550. The van der Waals surface area contributed by atoms with Crippen molar-refractivity contribution in [3.8, 4) is 57.7 Å². The van der Waals surface area contributed by atoms with Crippen LogP contribution in [0.15, 0.2) is 159 Å². The standard InChI is InChI=1S/C25H21N7O2.C24H18ClN7O2/c1-16-5-3-6-18(9-16)13-32-14-19(12-30-32)22-23(27)28-15-29-25(22)34-21-8-4-7-20(10-21)31-24(33)17(2)11-26;1-15(10-26)23(33)31-19-6-3-7-20(9-19)34-24-21(22(27)28-14-29-24)17-11-30-32(13-17)12-16-4-2-5-18(25)8-16/h3-10,12,14-15H,2,13H2,1H3,(H,31,33)(H2,27,28,29);2-9,11,13-14H,1,12H2,(H,31,33)(H2,27,28,29). The molecule has 2 amide bonds. The van der Waals surface area contributed by atoms with Gasteiger partial charge < -0.3 is 31.6 Å². The van der Waals surface area contributed by atoms with Gasteiger partial charge in [-0.25, -0.2) is 19.9 Å². The van der Waals surface area contributed by atoms with Gasteiger partial charge >= 0.3 is 0 Å². The molecule has 8 rings (SSSR count). The van der Waals surface area contributed by atoms with Crippen LogP contribution >= 0.6 is 11.6 Å². The Morgan fingerprint density at radius 3 is 1.57 bits per heavy atom. The molecule has 4 heterocycles. The number of rotatable bonds is 14. The van der Waals surface area contributed by atoms with Crippen molar-refractivity contribution in [3.05, 3.63) is 181 Å². The Morgan fingerprint density at radius 1 is 0.662 bits per heavy atom. The van der Waals surface area contributed by atoms with Gasteiger partial charge in [0.15, 0.2) is 0 Å². The molecule has 0 radical (unpaired) electrons. The van der Waals surface area contributed by atoms with Crippen LogP contribution in [-0.4, -0.2) is 51.3 Å². The number of halogens is 1. The number of aryl methyl sites for hydroxylation is 1. The second-order valence-corrected chi connectivity index (χ2v) is 15.1. The second kappa shape index (κ2) is 21.4. The van der Waals surface area contributed by atoms with Gasteiger partial charge in [0.1, 0.15) is 59.1 Å². The molecule has 0 aliphatic rings. The van der Waals surface area contributed by atoms with E-state index in [0.717, 1.165) is 11.1 Å². The Morgan fingerprint density at radius 2 is 1.12 bits per heavy atom. The van der Waals surface area contributed by atoms with E-state index in [-0.39, 0.29) is 34.5 Å². The van der Waals surface area contributed by atoms with Gasteiger partial charge in [-0.2, -0.15) is 20.7 Å². The third-order valence-electron chi connectivity index (χ3n) is 9.62. The SMILES string of the molecule is C=C(C#N)C(=O)Nc1cccc(Oc2ncnc(N)c2-c2cnn(Cc3cccc(C)c3)c2)c1.C=C(C#N)C(=O)Nc1cccc(Oc2ncnc(N)c2-c2cnn(Cc3cccc(Cl)c3)c2)c1. The second-order valence-electron chi connectivity index (χ2n) is 14.7.